The second kappa shape index (κ2) is 5.55. The number of unbranched alkanes of at least 4 members (excludes halogenated alkanes) is 2. The summed E-state index contributed by atoms with van der Waals surface area (Å²) in [7, 11) is 0. The van der Waals surface area contributed by atoms with Crippen molar-refractivity contribution in [1.82, 2.24) is 0 Å². The topological polar surface area (TPSA) is 21.8 Å². The third kappa shape index (κ3) is 4.73. The van der Waals surface area contributed by atoms with Crippen LogP contribution < -0.4 is 0 Å². The van der Waals surface area contributed by atoms with Crippen molar-refractivity contribution in [2.45, 2.75) is 44.8 Å². The van der Waals surface area contributed by atoms with Gasteiger partial charge in [0.25, 0.3) is 0 Å². The van der Waals surface area contributed by atoms with Crippen LogP contribution in [0.25, 0.3) is 0 Å². The third-order valence-electron chi connectivity index (χ3n) is 2.08. The van der Waals surface area contributed by atoms with Crippen LogP contribution in [-0.2, 0) is 9.47 Å². The Balaban J connectivity index is 1.84. The molecule has 1 aliphatic heterocycles. The molecule has 2 nitrogen and oxygen atoms in total. The van der Waals surface area contributed by atoms with Crippen molar-refractivity contribution in [3.63, 3.8) is 0 Å². The highest BCUT2D eigenvalue weighted by Gasteiger charge is 2.23. The van der Waals surface area contributed by atoms with Crippen LogP contribution in [0.5, 0.6) is 0 Å². The van der Waals surface area contributed by atoms with Gasteiger partial charge >= 0.3 is 0 Å². The van der Waals surface area contributed by atoms with Gasteiger partial charge in [0.15, 0.2) is 0 Å². The summed E-state index contributed by atoms with van der Waals surface area (Å²) >= 11 is 0. The molecular formula is C10H19O2. The van der Waals surface area contributed by atoms with E-state index in [4.69, 9.17) is 9.47 Å². The van der Waals surface area contributed by atoms with Crippen molar-refractivity contribution >= 4 is 0 Å². The molecule has 0 saturated carbocycles. The Morgan fingerprint density at radius 3 is 2.92 bits per heavy atom. The van der Waals surface area contributed by atoms with Gasteiger partial charge in [0.1, 0.15) is 6.10 Å². The van der Waals surface area contributed by atoms with Gasteiger partial charge in [-0.1, -0.05) is 26.2 Å². The fourth-order valence-electron chi connectivity index (χ4n) is 1.13. The Labute approximate surface area is 75.2 Å². The third-order valence-corrected chi connectivity index (χ3v) is 2.08. The highest BCUT2D eigenvalue weighted by molar-refractivity contribution is 4.68. The molecule has 0 amide bonds. The fraction of sp³-hybridized carbons (Fsp3) is 0.900. The quantitative estimate of drug-likeness (QED) is 0.432. The summed E-state index contributed by atoms with van der Waals surface area (Å²) in [6.07, 6.45) is 5.44. The summed E-state index contributed by atoms with van der Waals surface area (Å²) in [5, 5.41) is 0. The molecule has 1 fully saturated rings. The molecular weight excluding hydrogens is 152 g/mol. The van der Waals surface area contributed by atoms with Gasteiger partial charge in [0.2, 0.25) is 0 Å². The first kappa shape index (κ1) is 10.0. The van der Waals surface area contributed by atoms with Gasteiger partial charge in [0.05, 0.1) is 19.3 Å². The van der Waals surface area contributed by atoms with Crippen LogP contribution in [-0.4, -0.2) is 25.4 Å². The summed E-state index contributed by atoms with van der Waals surface area (Å²) in [5.41, 5.74) is 0. The summed E-state index contributed by atoms with van der Waals surface area (Å²) in [4.78, 5) is 0. The monoisotopic (exact) mass is 171 g/mol. The Bertz CT molecular complexity index is 110. The summed E-state index contributed by atoms with van der Waals surface area (Å²) in [6, 6.07) is 0. The van der Waals surface area contributed by atoms with Gasteiger partial charge in [-0.15, -0.1) is 0 Å². The number of hydrogen-bond donors (Lipinski definition) is 0. The van der Waals surface area contributed by atoms with E-state index < -0.39 is 0 Å². The molecule has 0 bridgehead atoms. The number of ether oxygens (including phenoxy) is 2. The molecule has 1 radical (unpaired) electrons. The van der Waals surface area contributed by atoms with Crippen LogP contribution in [0.4, 0.5) is 0 Å². The van der Waals surface area contributed by atoms with Gasteiger partial charge in [-0.25, -0.2) is 0 Å². The van der Waals surface area contributed by atoms with Crippen molar-refractivity contribution in [3.8, 4) is 0 Å². The van der Waals surface area contributed by atoms with Gasteiger partial charge in [-0.3, -0.25) is 0 Å². The lowest BCUT2D eigenvalue weighted by molar-refractivity contribution is 0.0478. The Kier molecular flexibility index (Phi) is 4.62. The maximum absolute atomic E-state index is 5.57. The van der Waals surface area contributed by atoms with E-state index in [9.17, 15) is 0 Å². The maximum Gasteiger partial charge on any atom is 0.104 e. The Morgan fingerprint density at radius 1 is 1.58 bits per heavy atom. The first-order valence-corrected chi connectivity index (χ1v) is 4.85. The van der Waals surface area contributed by atoms with E-state index in [1.54, 1.807) is 0 Å². The summed E-state index contributed by atoms with van der Waals surface area (Å²) in [5.74, 6) is 0. The van der Waals surface area contributed by atoms with Crippen molar-refractivity contribution in [1.29, 1.82) is 0 Å². The van der Waals surface area contributed by atoms with E-state index >= 15 is 0 Å². The van der Waals surface area contributed by atoms with Crippen LogP contribution in [0.3, 0.4) is 0 Å². The minimum atomic E-state index is 0.390. The molecule has 0 spiro atoms. The molecule has 1 saturated heterocycles. The van der Waals surface area contributed by atoms with E-state index in [-0.39, 0.29) is 0 Å². The zero-order valence-electron chi connectivity index (χ0n) is 7.92. The Hall–Kier alpha value is -0.0800. The molecule has 0 aliphatic carbocycles. The van der Waals surface area contributed by atoms with Crippen LogP contribution >= 0.6 is 0 Å². The first-order valence-electron chi connectivity index (χ1n) is 4.85. The second-order valence-corrected chi connectivity index (χ2v) is 3.45. The van der Waals surface area contributed by atoms with Crippen LogP contribution in [0.15, 0.2) is 0 Å². The van der Waals surface area contributed by atoms with Crippen molar-refractivity contribution < 1.29 is 9.47 Å². The SMILES string of the molecule is [CH2]CCCCC(C)OCC1CO1. The van der Waals surface area contributed by atoms with Crippen LogP contribution in [0.2, 0.25) is 0 Å². The van der Waals surface area contributed by atoms with E-state index in [2.05, 4.69) is 13.8 Å². The predicted octanol–water partition coefficient (Wildman–Crippen LogP) is 2.18. The number of hydrogen-bond acceptors (Lipinski definition) is 2. The molecule has 1 heterocycles. The van der Waals surface area contributed by atoms with Gasteiger partial charge < -0.3 is 9.47 Å². The van der Waals surface area contributed by atoms with Gasteiger partial charge in [-0.2, -0.15) is 0 Å². The summed E-state index contributed by atoms with van der Waals surface area (Å²) in [6.45, 7) is 7.61. The fourth-order valence-corrected chi connectivity index (χ4v) is 1.13. The highest BCUT2D eigenvalue weighted by Crippen LogP contribution is 2.12. The average Bonchev–Trinajstić information content (AvgIpc) is 2.84. The number of epoxide rings is 1. The minimum Gasteiger partial charge on any atom is -0.376 e. The number of rotatable bonds is 7. The second-order valence-electron chi connectivity index (χ2n) is 3.45. The molecule has 1 rings (SSSR count). The van der Waals surface area contributed by atoms with E-state index in [0.717, 1.165) is 26.1 Å². The van der Waals surface area contributed by atoms with Crippen molar-refractivity contribution in [3.05, 3.63) is 6.92 Å². The normalized spacial score (nSPS) is 24.0. The largest absolute Gasteiger partial charge is 0.376 e. The van der Waals surface area contributed by atoms with Crippen LogP contribution in [0, 0.1) is 6.92 Å². The molecule has 0 aromatic heterocycles. The molecule has 2 heteroatoms. The maximum atomic E-state index is 5.57. The molecule has 0 N–H and O–H groups in total. The lowest BCUT2D eigenvalue weighted by atomic mass is 10.1. The smallest absolute Gasteiger partial charge is 0.104 e. The molecule has 12 heavy (non-hydrogen) atoms. The van der Waals surface area contributed by atoms with E-state index in [1.807, 2.05) is 0 Å². The predicted molar refractivity (Wildman–Crippen MR) is 49.0 cm³/mol. The average molecular weight is 171 g/mol. The standard InChI is InChI=1S/C10H19O2/c1-3-4-5-6-9(2)11-7-10-8-12-10/h9-10H,1,3-8H2,2H3. The molecule has 2 atom stereocenters. The lowest BCUT2D eigenvalue weighted by Gasteiger charge is -2.11. The van der Waals surface area contributed by atoms with Gasteiger partial charge in [-0.05, 0) is 13.3 Å². The molecule has 71 valence electrons. The first-order chi connectivity index (χ1) is 5.83. The molecule has 2 unspecified atom stereocenters. The van der Waals surface area contributed by atoms with Crippen LogP contribution in [0.1, 0.15) is 32.6 Å². The van der Waals surface area contributed by atoms with E-state index in [0.29, 0.717) is 12.2 Å². The Morgan fingerprint density at radius 2 is 2.33 bits per heavy atom. The minimum absolute atomic E-state index is 0.390. The lowest BCUT2D eigenvalue weighted by Crippen LogP contribution is -2.12. The van der Waals surface area contributed by atoms with E-state index in [1.165, 1.54) is 12.8 Å². The molecule has 1 aliphatic rings. The zero-order chi connectivity index (χ0) is 8.81. The molecule has 0 aromatic rings. The highest BCUT2D eigenvalue weighted by atomic mass is 16.6. The zero-order valence-corrected chi connectivity index (χ0v) is 7.92. The van der Waals surface area contributed by atoms with Crippen molar-refractivity contribution in [2.24, 2.45) is 0 Å². The van der Waals surface area contributed by atoms with Crippen molar-refractivity contribution in [2.75, 3.05) is 13.2 Å². The summed E-state index contributed by atoms with van der Waals surface area (Å²) < 4.78 is 10.6. The van der Waals surface area contributed by atoms with Gasteiger partial charge in [0, 0.05) is 0 Å². The molecule has 0 aromatic carbocycles.